The molecule has 0 saturated carbocycles. The lowest BCUT2D eigenvalue weighted by Crippen LogP contribution is -2.07. The summed E-state index contributed by atoms with van der Waals surface area (Å²) in [7, 11) is 0. The summed E-state index contributed by atoms with van der Waals surface area (Å²) in [5.74, 6) is 0. The van der Waals surface area contributed by atoms with Gasteiger partial charge in [0.05, 0.1) is 20.8 Å². The van der Waals surface area contributed by atoms with Crippen molar-refractivity contribution in [3.05, 3.63) is 100 Å². The van der Waals surface area contributed by atoms with Gasteiger partial charge in [-0.2, -0.15) is 0 Å². The normalized spacial score (nSPS) is 12.7. The fraction of sp³-hybridized carbons (Fsp3) is 0. The first-order valence-electron chi connectivity index (χ1n) is 11.2. The molecule has 36 heavy (non-hydrogen) atoms. The van der Waals surface area contributed by atoms with Crippen LogP contribution in [0, 0.1) is 0 Å². The summed E-state index contributed by atoms with van der Waals surface area (Å²) in [5.41, 5.74) is -0.185. The van der Waals surface area contributed by atoms with Gasteiger partial charge in [-0.1, -0.05) is 67.2 Å². The molecular weight excluding hydrogens is 623 g/mol. The molecule has 2 nitrogen and oxygen atoms in total. The van der Waals surface area contributed by atoms with Gasteiger partial charge in [-0.3, -0.25) is 9.59 Å². The third kappa shape index (κ3) is 2.39. The lowest BCUT2D eigenvalue weighted by Gasteiger charge is -2.19. The van der Waals surface area contributed by atoms with Crippen molar-refractivity contribution in [2.75, 3.05) is 0 Å². The molecule has 0 N–H and O–H groups in total. The Balaban J connectivity index is 1.79. The SMILES string of the molecule is O=c1c2ccc3cc4c5c(Br)ccc(Cl)c5c(=O)c5ccc6cc(c7c(Br)ccc(Cl)c17)c2c3c6c54. The highest BCUT2D eigenvalue weighted by Gasteiger charge is 2.24. The van der Waals surface area contributed by atoms with E-state index < -0.39 is 0 Å². The molecule has 0 aliphatic carbocycles. The second kappa shape index (κ2) is 6.96. The minimum Gasteiger partial charge on any atom is -0.289 e. The Kier molecular flexibility index (Phi) is 4.12. The standard InChI is InChI=1S/C30H10Br2Cl2O2/c31-17-5-8-20(34)28-25(17)15-9-11-1-3-13-23-16(26-18(32)6-7-19(33)27(26)29(13)35)10-12-2-4-14(30(28)36)24(15)22(12)21(11)23/h1-10H. The van der Waals surface area contributed by atoms with E-state index in [9.17, 15) is 9.59 Å². The Hall–Kier alpha value is -2.76. The monoisotopic (exact) mass is 630 g/mol. The molecule has 0 spiro atoms. The number of halogens is 4. The third-order valence-electron chi connectivity index (χ3n) is 7.55. The predicted octanol–water partition coefficient (Wildman–Crippen LogP) is 9.62. The molecule has 0 bridgehead atoms. The van der Waals surface area contributed by atoms with Crippen LogP contribution in [0.15, 0.2) is 79.2 Å². The van der Waals surface area contributed by atoms with Crippen LogP contribution in [0.4, 0.5) is 0 Å². The molecule has 0 aromatic heterocycles. The zero-order valence-electron chi connectivity index (χ0n) is 18.1. The zero-order valence-corrected chi connectivity index (χ0v) is 22.8. The van der Waals surface area contributed by atoms with E-state index in [0.717, 1.165) is 62.8 Å². The second-order valence-electron chi connectivity index (χ2n) is 9.24. The van der Waals surface area contributed by atoms with Gasteiger partial charge in [0.25, 0.3) is 0 Å². The van der Waals surface area contributed by atoms with Crippen molar-refractivity contribution in [2.24, 2.45) is 0 Å². The summed E-state index contributed by atoms with van der Waals surface area (Å²) in [5, 5.41) is 12.5. The van der Waals surface area contributed by atoms with Crippen LogP contribution in [-0.2, 0) is 0 Å². The second-order valence-corrected chi connectivity index (χ2v) is 11.8. The number of benzene rings is 8. The van der Waals surface area contributed by atoms with E-state index in [1.54, 1.807) is 12.1 Å². The summed E-state index contributed by atoms with van der Waals surface area (Å²) in [6, 6.07) is 19.3. The highest BCUT2D eigenvalue weighted by Crippen LogP contribution is 2.47. The van der Waals surface area contributed by atoms with Gasteiger partial charge in [-0.25, -0.2) is 0 Å². The maximum Gasteiger partial charge on any atom is 0.195 e. The van der Waals surface area contributed by atoms with Gasteiger partial charge < -0.3 is 0 Å². The van der Waals surface area contributed by atoms with Crippen LogP contribution in [0.3, 0.4) is 0 Å². The molecule has 0 fully saturated rings. The minimum atomic E-state index is -0.0924. The molecule has 0 amide bonds. The topological polar surface area (TPSA) is 34.1 Å². The quantitative estimate of drug-likeness (QED) is 0.123. The lowest BCUT2D eigenvalue weighted by molar-refractivity contribution is 1.70. The van der Waals surface area contributed by atoms with E-state index in [4.69, 9.17) is 23.2 Å². The zero-order chi connectivity index (χ0) is 24.6. The molecule has 0 atom stereocenters. The first-order valence-corrected chi connectivity index (χ1v) is 13.6. The number of hydrogen-bond acceptors (Lipinski definition) is 2. The smallest absolute Gasteiger partial charge is 0.195 e. The molecule has 0 radical (unpaired) electrons. The average molecular weight is 633 g/mol. The van der Waals surface area contributed by atoms with E-state index in [1.165, 1.54) is 0 Å². The Morgan fingerprint density at radius 2 is 0.861 bits per heavy atom. The minimum absolute atomic E-state index is 0.0924. The van der Waals surface area contributed by atoms with Crippen molar-refractivity contribution in [3.8, 4) is 0 Å². The summed E-state index contributed by atoms with van der Waals surface area (Å²) < 4.78 is 1.64. The summed E-state index contributed by atoms with van der Waals surface area (Å²) >= 11 is 20.4. The fourth-order valence-corrected chi connectivity index (χ4v) is 7.72. The maximum absolute atomic E-state index is 13.7. The summed E-state index contributed by atoms with van der Waals surface area (Å²) in [6.45, 7) is 0. The predicted molar refractivity (Wildman–Crippen MR) is 161 cm³/mol. The molecular formula is C30H10Br2Cl2O2. The Bertz CT molecular complexity index is 2230. The molecule has 0 unspecified atom stereocenters. The van der Waals surface area contributed by atoms with E-state index in [0.29, 0.717) is 31.6 Å². The van der Waals surface area contributed by atoms with Crippen LogP contribution >= 0.6 is 55.1 Å². The number of fused-ring (bicyclic) bond motifs is 4. The molecule has 170 valence electrons. The van der Waals surface area contributed by atoms with Gasteiger partial charge in [-0.05, 0) is 80.8 Å². The van der Waals surface area contributed by atoms with E-state index in [2.05, 4.69) is 44.0 Å². The first-order chi connectivity index (χ1) is 17.4. The molecule has 8 aromatic rings. The Labute approximate surface area is 229 Å². The van der Waals surface area contributed by atoms with Crippen LogP contribution in [-0.4, -0.2) is 0 Å². The fourth-order valence-electron chi connectivity index (χ4n) is 6.15. The summed E-state index contributed by atoms with van der Waals surface area (Å²) in [6.07, 6.45) is 0. The van der Waals surface area contributed by atoms with Gasteiger partial charge in [0, 0.05) is 41.3 Å². The van der Waals surface area contributed by atoms with Crippen LogP contribution < -0.4 is 10.9 Å². The van der Waals surface area contributed by atoms with Gasteiger partial charge >= 0.3 is 0 Å². The van der Waals surface area contributed by atoms with Gasteiger partial charge in [-0.15, -0.1) is 0 Å². The average Bonchev–Trinajstić information content (AvgIpc) is 2.87. The molecule has 6 heteroatoms. The lowest BCUT2D eigenvalue weighted by atomic mass is 9.84. The van der Waals surface area contributed by atoms with Gasteiger partial charge in [0.15, 0.2) is 10.9 Å². The third-order valence-corrected chi connectivity index (χ3v) is 9.50. The molecule has 8 aromatic carbocycles. The molecule has 8 rings (SSSR count). The van der Waals surface area contributed by atoms with Crippen LogP contribution in [0.2, 0.25) is 10.0 Å². The molecule has 0 heterocycles. The van der Waals surface area contributed by atoms with Crippen LogP contribution in [0.5, 0.6) is 0 Å². The van der Waals surface area contributed by atoms with Crippen molar-refractivity contribution in [1.82, 2.24) is 0 Å². The maximum atomic E-state index is 13.7. The summed E-state index contributed by atoms with van der Waals surface area (Å²) in [4.78, 5) is 27.4. The Morgan fingerprint density at radius 1 is 0.444 bits per heavy atom. The Morgan fingerprint density at radius 3 is 1.28 bits per heavy atom. The first kappa shape index (κ1) is 21.3. The molecule has 0 aliphatic heterocycles. The van der Waals surface area contributed by atoms with Crippen molar-refractivity contribution in [3.63, 3.8) is 0 Å². The van der Waals surface area contributed by atoms with E-state index in [-0.39, 0.29) is 10.9 Å². The number of hydrogen-bond donors (Lipinski definition) is 0. The van der Waals surface area contributed by atoms with Crippen molar-refractivity contribution in [2.45, 2.75) is 0 Å². The highest BCUT2D eigenvalue weighted by molar-refractivity contribution is 9.11. The largest absolute Gasteiger partial charge is 0.289 e. The van der Waals surface area contributed by atoms with Crippen molar-refractivity contribution >= 4 is 130 Å². The van der Waals surface area contributed by atoms with Gasteiger partial charge in [0.1, 0.15) is 0 Å². The van der Waals surface area contributed by atoms with Crippen LogP contribution in [0.25, 0.3) is 75.4 Å². The highest BCUT2D eigenvalue weighted by atomic mass is 79.9. The molecule has 0 saturated heterocycles. The molecule has 0 aliphatic rings. The number of rotatable bonds is 0. The van der Waals surface area contributed by atoms with Crippen molar-refractivity contribution < 1.29 is 0 Å². The van der Waals surface area contributed by atoms with E-state index >= 15 is 0 Å². The van der Waals surface area contributed by atoms with Crippen LogP contribution in [0.1, 0.15) is 0 Å². The van der Waals surface area contributed by atoms with E-state index in [1.807, 2.05) is 36.4 Å². The van der Waals surface area contributed by atoms with Gasteiger partial charge in [0.2, 0.25) is 0 Å². The van der Waals surface area contributed by atoms with Crippen molar-refractivity contribution in [1.29, 1.82) is 0 Å².